The van der Waals surface area contributed by atoms with Crippen LogP contribution in [0.1, 0.15) is 29.6 Å². The molecule has 0 heterocycles. The maximum atomic E-state index is 11.8. The molecule has 122 valence electrons. The second-order valence-electron chi connectivity index (χ2n) is 5.15. The van der Waals surface area contributed by atoms with Crippen LogP contribution in [0.5, 0.6) is 0 Å². The van der Waals surface area contributed by atoms with Crippen LogP contribution < -0.4 is 16.2 Å². The van der Waals surface area contributed by atoms with E-state index in [0.717, 1.165) is 19.3 Å². The van der Waals surface area contributed by atoms with Gasteiger partial charge in [-0.05, 0) is 25.0 Å². The normalized spacial score (nSPS) is 13.6. The van der Waals surface area contributed by atoms with Crippen molar-refractivity contribution in [2.24, 2.45) is 5.92 Å². The number of hydrogen-bond donors (Lipinski definition) is 3. The third-order valence-corrected chi connectivity index (χ3v) is 3.55. The number of benzene rings is 1. The number of non-ortho nitro benzene ring substituents is 1. The first-order valence-corrected chi connectivity index (χ1v) is 7.08. The molecule has 0 spiro atoms. The molecule has 0 aromatic heterocycles. The van der Waals surface area contributed by atoms with Crippen LogP contribution in [0.4, 0.5) is 5.69 Å². The number of hydrazine groups is 1. The zero-order chi connectivity index (χ0) is 16.8. The molecular formula is C14H16N4O5. The average Bonchev–Trinajstić information content (AvgIpc) is 2.49. The maximum absolute atomic E-state index is 11.8. The first-order valence-electron chi connectivity index (χ1n) is 7.08. The van der Waals surface area contributed by atoms with Gasteiger partial charge in [0.15, 0.2) is 0 Å². The Morgan fingerprint density at radius 2 is 1.78 bits per heavy atom. The van der Waals surface area contributed by atoms with Gasteiger partial charge in [0.2, 0.25) is 5.91 Å². The van der Waals surface area contributed by atoms with Crippen LogP contribution in [0, 0.1) is 16.0 Å². The second kappa shape index (κ2) is 7.34. The standard InChI is InChI=1S/C14H16N4O5/c19-12(16-17-14(21)9-2-1-3-9)8-15-13(20)10-4-6-11(7-5-10)18(22)23/h4-7,9H,1-3,8H2,(H,15,20)(H,16,19)(H,17,21). The zero-order valence-electron chi connectivity index (χ0n) is 12.2. The number of carbonyl (C=O) groups is 3. The summed E-state index contributed by atoms with van der Waals surface area (Å²) in [7, 11) is 0. The van der Waals surface area contributed by atoms with Crippen molar-refractivity contribution in [1.82, 2.24) is 16.2 Å². The maximum Gasteiger partial charge on any atom is 0.269 e. The largest absolute Gasteiger partial charge is 0.343 e. The fourth-order valence-electron chi connectivity index (χ4n) is 1.95. The highest BCUT2D eigenvalue weighted by atomic mass is 16.6. The minimum absolute atomic E-state index is 0.0509. The van der Waals surface area contributed by atoms with Crippen molar-refractivity contribution in [1.29, 1.82) is 0 Å². The van der Waals surface area contributed by atoms with E-state index in [1.54, 1.807) is 0 Å². The Kier molecular flexibility index (Phi) is 5.23. The van der Waals surface area contributed by atoms with E-state index < -0.39 is 16.7 Å². The molecule has 0 saturated heterocycles. The van der Waals surface area contributed by atoms with Crippen LogP contribution in [-0.2, 0) is 9.59 Å². The first kappa shape index (κ1) is 16.4. The van der Waals surface area contributed by atoms with Crippen LogP contribution in [-0.4, -0.2) is 29.2 Å². The molecule has 9 heteroatoms. The lowest BCUT2D eigenvalue weighted by Crippen LogP contribution is -2.49. The summed E-state index contributed by atoms with van der Waals surface area (Å²) in [6.45, 7) is -0.319. The van der Waals surface area contributed by atoms with Crippen LogP contribution >= 0.6 is 0 Å². The molecule has 1 aromatic carbocycles. The van der Waals surface area contributed by atoms with Gasteiger partial charge < -0.3 is 5.32 Å². The van der Waals surface area contributed by atoms with Crippen LogP contribution in [0.2, 0.25) is 0 Å². The highest BCUT2D eigenvalue weighted by Gasteiger charge is 2.25. The van der Waals surface area contributed by atoms with Gasteiger partial charge in [-0.1, -0.05) is 6.42 Å². The molecule has 2 rings (SSSR count). The van der Waals surface area contributed by atoms with Gasteiger partial charge in [0.05, 0.1) is 11.5 Å². The van der Waals surface area contributed by atoms with Gasteiger partial charge in [0.25, 0.3) is 17.5 Å². The van der Waals surface area contributed by atoms with Crippen molar-refractivity contribution in [3.63, 3.8) is 0 Å². The predicted octanol–water partition coefficient (Wildman–Crippen LogP) is 0.272. The molecule has 0 radical (unpaired) electrons. The molecule has 1 fully saturated rings. The number of hydrogen-bond acceptors (Lipinski definition) is 5. The quantitative estimate of drug-likeness (QED) is 0.529. The molecule has 0 aliphatic heterocycles. The molecule has 0 atom stereocenters. The average molecular weight is 320 g/mol. The van der Waals surface area contributed by atoms with E-state index >= 15 is 0 Å². The molecule has 9 nitrogen and oxygen atoms in total. The lowest BCUT2D eigenvalue weighted by Gasteiger charge is -2.23. The second-order valence-corrected chi connectivity index (χ2v) is 5.15. The summed E-state index contributed by atoms with van der Waals surface area (Å²) in [4.78, 5) is 44.8. The SMILES string of the molecule is O=C(CNC(=O)c1ccc([N+](=O)[O-])cc1)NNC(=O)C1CCC1. The van der Waals surface area contributed by atoms with Crippen molar-refractivity contribution >= 4 is 23.4 Å². The lowest BCUT2D eigenvalue weighted by molar-refractivity contribution is -0.384. The molecule has 0 bridgehead atoms. The van der Waals surface area contributed by atoms with Gasteiger partial charge >= 0.3 is 0 Å². The monoisotopic (exact) mass is 320 g/mol. The van der Waals surface area contributed by atoms with Gasteiger partial charge in [-0.2, -0.15) is 0 Å². The molecule has 1 aromatic rings. The zero-order valence-corrected chi connectivity index (χ0v) is 12.2. The van der Waals surface area contributed by atoms with Gasteiger partial charge in [-0.25, -0.2) is 0 Å². The summed E-state index contributed by atoms with van der Waals surface area (Å²) in [6, 6.07) is 5.00. The number of nitro benzene ring substituents is 1. The van der Waals surface area contributed by atoms with Crippen molar-refractivity contribution in [3.8, 4) is 0 Å². The Morgan fingerprint density at radius 3 is 2.30 bits per heavy atom. The Bertz CT molecular complexity index is 625. The minimum atomic E-state index is -0.570. The smallest absolute Gasteiger partial charge is 0.269 e. The van der Waals surface area contributed by atoms with E-state index in [4.69, 9.17) is 0 Å². The highest BCUT2D eigenvalue weighted by molar-refractivity contribution is 5.96. The number of nitrogens with one attached hydrogen (secondary N) is 3. The van der Waals surface area contributed by atoms with Crippen LogP contribution in [0.3, 0.4) is 0 Å². The molecule has 3 N–H and O–H groups in total. The van der Waals surface area contributed by atoms with E-state index in [9.17, 15) is 24.5 Å². The fraction of sp³-hybridized carbons (Fsp3) is 0.357. The molecule has 1 saturated carbocycles. The Hall–Kier alpha value is -2.97. The number of rotatable bonds is 5. The van der Waals surface area contributed by atoms with E-state index in [-0.39, 0.29) is 29.6 Å². The Balaban J connectivity index is 1.73. The summed E-state index contributed by atoms with van der Waals surface area (Å²) < 4.78 is 0. The van der Waals surface area contributed by atoms with Gasteiger partial charge in [0, 0.05) is 23.6 Å². The van der Waals surface area contributed by atoms with E-state index in [0.29, 0.717) is 0 Å². The van der Waals surface area contributed by atoms with Gasteiger partial charge in [0.1, 0.15) is 0 Å². The summed E-state index contributed by atoms with van der Waals surface area (Å²) in [5.41, 5.74) is 4.59. The number of nitro groups is 1. The van der Waals surface area contributed by atoms with Crippen molar-refractivity contribution in [2.45, 2.75) is 19.3 Å². The lowest BCUT2D eigenvalue weighted by atomic mass is 9.85. The van der Waals surface area contributed by atoms with Crippen molar-refractivity contribution < 1.29 is 19.3 Å². The summed E-state index contributed by atoms with van der Waals surface area (Å²) >= 11 is 0. The van der Waals surface area contributed by atoms with Crippen LogP contribution in [0.15, 0.2) is 24.3 Å². The molecule has 0 unspecified atom stereocenters. The number of carbonyl (C=O) groups excluding carboxylic acids is 3. The third-order valence-electron chi connectivity index (χ3n) is 3.55. The van der Waals surface area contributed by atoms with E-state index in [2.05, 4.69) is 16.2 Å². The molecule has 1 aliphatic rings. The minimum Gasteiger partial charge on any atom is -0.343 e. The topological polar surface area (TPSA) is 130 Å². The fourth-order valence-corrected chi connectivity index (χ4v) is 1.95. The Labute approximate surface area is 131 Å². The predicted molar refractivity (Wildman–Crippen MR) is 79.1 cm³/mol. The molecular weight excluding hydrogens is 304 g/mol. The van der Waals surface area contributed by atoms with Gasteiger partial charge in [-0.15, -0.1) is 0 Å². The molecule has 3 amide bonds. The van der Waals surface area contributed by atoms with E-state index in [1.165, 1.54) is 24.3 Å². The summed E-state index contributed by atoms with van der Waals surface area (Å²) in [5.74, 6) is -1.38. The summed E-state index contributed by atoms with van der Waals surface area (Å²) in [6.07, 6.45) is 2.65. The van der Waals surface area contributed by atoms with Crippen LogP contribution in [0.25, 0.3) is 0 Å². The van der Waals surface area contributed by atoms with E-state index in [1.807, 2.05) is 0 Å². The summed E-state index contributed by atoms with van der Waals surface area (Å²) in [5, 5.41) is 12.9. The number of amides is 3. The van der Waals surface area contributed by atoms with Crippen molar-refractivity contribution in [3.05, 3.63) is 39.9 Å². The first-order chi connectivity index (χ1) is 11.0. The van der Waals surface area contributed by atoms with Crippen molar-refractivity contribution in [2.75, 3.05) is 6.54 Å². The number of nitrogens with zero attached hydrogens (tertiary/aromatic N) is 1. The molecule has 23 heavy (non-hydrogen) atoms. The third kappa shape index (κ3) is 4.50. The highest BCUT2D eigenvalue weighted by Crippen LogP contribution is 2.25. The Morgan fingerprint density at radius 1 is 1.13 bits per heavy atom. The molecule has 1 aliphatic carbocycles. The van der Waals surface area contributed by atoms with Gasteiger partial charge in [-0.3, -0.25) is 35.3 Å².